The zero-order chi connectivity index (χ0) is 11.9. The summed E-state index contributed by atoms with van der Waals surface area (Å²) in [5, 5.41) is 1.15. The summed E-state index contributed by atoms with van der Waals surface area (Å²) in [5.41, 5.74) is 3.21. The number of hydrogen-bond acceptors (Lipinski definition) is 1. The molecule has 2 aromatic rings. The molecule has 0 atom stereocenters. The first-order chi connectivity index (χ1) is 7.52. The van der Waals surface area contributed by atoms with Crippen molar-refractivity contribution in [1.82, 2.24) is 4.57 Å². The van der Waals surface area contributed by atoms with E-state index in [9.17, 15) is 4.79 Å². The lowest BCUT2D eigenvalue weighted by Crippen LogP contribution is -2.09. The Morgan fingerprint density at radius 3 is 2.56 bits per heavy atom. The molecule has 16 heavy (non-hydrogen) atoms. The second-order valence-electron chi connectivity index (χ2n) is 4.56. The Bertz CT molecular complexity index is 549. The lowest BCUT2D eigenvalue weighted by atomic mass is 10.1. The maximum Gasteiger partial charge on any atom is 0.176 e. The normalized spacial score (nSPS) is 11.3. The van der Waals surface area contributed by atoms with Gasteiger partial charge in [0, 0.05) is 18.4 Å². The minimum absolute atomic E-state index is 0.129. The van der Waals surface area contributed by atoms with Crippen LogP contribution in [0.2, 0.25) is 0 Å². The molecule has 0 aliphatic heterocycles. The highest BCUT2D eigenvalue weighted by Crippen LogP contribution is 2.26. The largest absolute Gasteiger partial charge is 0.335 e. The summed E-state index contributed by atoms with van der Waals surface area (Å²) in [6.07, 6.45) is 0. The Morgan fingerprint density at radius 2 is 2.00 bits per heavy atom. The molecule has 0 aliphatic rings. The first-order valence-electron chi connectivity index (χ1n) is 5.64. The van der Waals surface area contributed by atoms with Crippen LogP contribution in [0.15, 0.2) is 24.3 Å². The van der Waals surface area contributed by atoms with Gasteiger partial charge in [-0.2, -0.15) is 0 Å². The van der Waals surface area contributed by atoms with E-state index in [4.69, 9.17) is 0 Å². The van der Waals surface area contributed by atoms with Crippen LogP contribution in [-0.2, 0) is 0 Å². The standard InChI is InChI=1S/C14H17NO/c1-9(2)15-13(11(4)16)8-12-7-5-6-10(3)14(12)15/h5-9H,1-4H3. The first-order valence-corrected chi connectivity index (χ1v) is 5.64. The SMILES string of the molecule is CC(=O)c1cc2cccc(C)c2n1C(C)C. The molecule has 0 bridgehead atoms. The number of ketones is 1. The summed E-state index contributed by atoms with van der Waals surface area (Å²) in [6.45, 7) is 7.93. The number of nitrogens with zero attached hydrogens (tertiary/aromatic N) is 1. The number of Topliss-reactive ketones (excluding diaryl/α,β-unsaturated/α-hetero) is 1. The van der Waals surface area contributed by atoms with E-state index in [1.807, 2.05) is 12.1 Å². The molecule has 84 valence electrons. The fraction of sp³-hybridized carbons (Fsp3) is 0.357. The third-order valence-corrected chi connectivity index (χ3v) is 2.94. The van der Waals surface area contributed by atoms with Crippen LogP contribution in [0, 0.1) is 6.92 Å². The van der Waals surface area contributed by atoms with E-state index in [-0.39, 0.29) is 5.78 Å². The molecule has 1 aromatic heterocycles. The van der Waals surface area contributed by atoms with E-state index < -0.39 is 0 Å². The fourth-order valence-corrected chi connectivity index (χ4v) is 2.27. The number of para-hydroxylation sites is 1. The van der Waals surface area contributed by atoms with Gasteiger partial charge in [0.15, 0.2) is 5.78 Å². The lowest BCUT2D eigenvalue weighted by molar-refractivity contribution is 0.100. The maximum absolute atomic E-state index is 11.6. The van der Waals surface area contributed by atoms with Crippen molar-refractivity contribution in [3.05, 3.63) is 35.5 Å². The molecule has 0 saturated heterocycles. The zero-order valence-corrected chi connectivity index (χ0v) is 10.2. The summed E-state index contributed by atoms with van der Waals surface area (Å²) in [6, 6.07) is 8.48. The highest BCUT2D eigenvalue weighted by atomic mass is 16.1. The number of aromatic nitrogens is 1. The molecule has 0 aliphatic carbocycles. The molecular formula is C14H17NO. The van der Waals surface area contributed by atoms with Crippen LogP contribution in [0.3, 0.4) is 0 Å². The van der Waals surface area contributed by atoms with Crippen molar-refractivity contribution in [3.8, 4) is 0 Å². The summed E-state index contributed by atoms with van der Waals surface area (Å²) >= 11 is 0. The average molecular weight is 215 g/mol. The number of benzene rings is 1. The Labute approximate surface area is 95.9 Å². The van der Waals surface area contributed by atoms with Gasteiger partial charge in [0.05, 0.1) is 11.2 Å². The number of hydrogen-bond donors (Lipinski definition) is 0. The van der Waals surface area contributed by atoms with Crippen LogP contribution < -0.4 is 0 Å². The van der Waals surface area contributed by atoms with Gasteiger partial charge < -0.3 is 4.57 Å². The molecule has 2 heteroatoms. The Balaban J connectivity index is 2.88. The van der Waals surface area contributed by atoms with Gasteiger partial charge >= 0.3 is 0 Å². The molecule has 1 heterocycles. The maximum atomic E-state index is 11.6. The Hall–Kier alpha value is -1.57. The second-order valence-corrected chi connectivity index (χ2v) is 4.56. The minimum Gasteiger partial charge on any atom is -0.335 e. The van der Waals surface area contributed by atoms with Crippen molar-refractivity contribution in [2.45, 2.75) is 33.7 Å². The fourth-order valence-electron chi connectivity index (χ4n) is 2.27. The van der Waals surface area contributed by atoms with Gasteiger partial charge in [-0.1, -0.05) is 18.2 Å². The monoisotopic (exact) mass is 215 g/mol. The molecule has 0 N–H and O–H groups in total. The van der Waals surface area contributed by atoms with Gasteiger partial charge in [0.2, 0.25) is 0 Å². The Kier molecular flexibility index (Phi) is 2.58. The predicted octanol–water partition coefficient (Wildman–Crippen LogP) is 3.73. The molecular weight excluding hydrogens is 198 g/mol. The van der Waals surface area contributed by atoms with Crippen molar-refractivity contribution in [3.63, 3.8) is 0 Å². The van der Waals surface area contributed by atoms with Crippen LogP contribution in [0.25, 0.3) is 10.9 Å². The zero-order valence-electron chi connectivity index (χ0n) is 10.2. The molecule has 0 radical (unpaired) electrons. The van der Waals surface area contributed by atoms with E-state index >= 15 is 0 Å². The van der Waals surface area contributed by atoms with E-state index in [1.54, 1.807) is 6.92 Å². The summed E-state index contributed by atoms with van der Waals surface area (Å²) in [5.74, 6) is 0.129. The highest BCUT2D eigenvalue weighted by molar-refractivity contribution is 5.99. The molecule has 0 fully saturated rings. The topological polar surface area (TPSA) is 22.0 Å². The van der Waals surface area contributed by atoms with Gasteiger partial charge in [-0.05, 0) is 32.4 Å². The smallest absolute Gasteiger partial charge is 0.176 e. The predicted molar refractivity (Wildman–Crippen MR) is 67.1 cm³/mol. The van der Waals surface area contributed by atoms with Crippen molar-refractivity contribution < 1.29 is 4.79 Å². The Morgan fingerprint density at radius 1 is 1.31 bits per heavy atom. The van der Waals surface area contributed by atoms with Crippen LogP contribution >= 0.6 is 0 Å². The highest BCUT2D eigenvalue weighted by Gasteiger charge is 2.15. The number of rotatable bonds is 2. The summed E-state index contributed by atoms with van der Waals surface area (Å²) in [7, 11) is 0. The van der Waals surface area contributed by atoms with Crippen LogP contribution in [0.4, 0.5) is 0 Å². The van der Waals surface area contributed by atoms with Gasteiger partial charge in [-0.15, -0.1) is 0 Å². The van der Waals surface area contributed by atoms with Crippen LogP contribution in [-0.4, -0.2) is 10.4 Å². The van der Waals surface area contributed by atoms with Gasteiger partial charge in [-0.25, -0.2) is 0 Å². The molecule has 0 amide bonds. The number of carbonyl (C=O) groups excluding carboxylic acids is 1. The quantitative estimate of drug-likeness (QED) is 0.699. The van der Waals surface area contributed by atoms with Gasteiger partial charge in [0.1, 0.15) is 0 Å². The number of fused-ring (bicyclic) bond motifs is 1. The van der Waals surface area contributed by atoms with Crippen molar-refractivity contribution in [2.75, 3.05) is 0 Å². The summed E-state index contributed by atoms with van der Waals surface area (Å²) in [4.78, 5) is 11.6. The van der Waals surface area contributed by atoms with E-state index in [2.05, 4.69) is 37.5 Å². The van der Waals surface area contributed by atoms with E-state index in [0.29, 0.717) is 6.04 Å². The third-order valence-electron chi connectivity index (χ3n) is 2.94. The van der Waals surface area contributed by atoms with Crippen LogP contribution in [0.5, 0.6) is 0 Å². The third kappa shape index (κ3) is 1.54. The molecule has 0 spiro atoms. The van der Waals surface area contributed by atoms with Crippen molar-refractivity contribution in [1.29, 1.82) is 0 Å². The second kappa shape index (κ2) is 3.78. The molecule has 1 aromatic carbocycles. The number of carbonyl (C=O) groups is 1. The van der Waals surface area contributed by atoms with Crippen LogP contribution in [0.1, 0.15) is 42.9 Å². The molecule has 0 unspecified atom stereocenters. The molecule has 0 saturated carbocycles. The molecule has 2 nitrogen and oxygen atoms in total. The van der Waals surface area contributed by atoms with Gasteiger partial charge in [-0.3, -0.25) is 4.79 Å². The average Bonchev–Trinajstić information content (AvgIpc) is 2.58. The number of aryl methyl sites for hydroxylation is 1. The lowest BCUT2D eigenvalue weighted by Gasteiger charge is -2.14. The molecule has 2 rings (SSSR count). The minimum atomic E-state index is 0.129. The van der Waals surface area contributed by atoms with E-state index in [1.165, 1.54) is 11.1 Å². The first kappa shape index (κ1) is 10.9. The van der Waals surface area contributed by atoms with Crippen molar-refractivity contribution >= 4 is 16.7 Å². The van der Waals surface area contributed by atoms with E-state index in [0.717, 1.165) is 11.1 Å². The van der Waals surface area contributed by atoms with Crippen molar-refractivity contribution in [2.24, 2.45) is 0 Å². The summed E-state index contributed by atoms with van der Waals surface area (Å²) < 4.78 is 2.13. The van der Waals surface area contributed by atoms with Gasteiger partial charge in [0.25, 0.3) is 0 Å².